The summed E-state index contributed by atoms with van der Waals surface area (Å²) >= 11 is 0. The largest absolute Gasteiger partial charge is 0.338 e. The van der Waals surface area contributed by atoms with Crippen molar-refractivity contribution >= 4 is 5.91 Å². The van der Waals surface area contributed by atoms with Gasteiger partial charge in [-0.25, -0.2) is 8.78 Å². The molecule has 1 aromatic heterocycles. The van der Waals surface area contributed by atoms with Crippen molar-refractivity contribution in [3.05, 3.63) is 65.5 Å². The second kappa shape index (κ2) is 7.35. The molecule has 1 atom stereocenters. The first kappa shape index (κ1) is 18.0. The summed E-state index contributed by atoms with van der Waals surface area (Å²) in [6.45, 7) is 3.00. The molecule has 4 nitrogen and oxygen atoms in total. The first-order valence-corrected chi connectivity index (χ1v) is 9.41. The van der Waals surface area contributed by atoms with Gasteiger partial charge < -0.3 is 4.90 Å². The Morgan fingerprint density at radius 1 is 1.07 bits per heavy atom. The Morgan fingerprint density at radius 2 is 1.96 bits per heavy atom. The molecule has 2 aliphatic heterocycles. The number of aromatic nitrogens is 1. The molecule has 1 amide bonds. The van der Waals surface area contributed by atoms with Crippen LogP contribution in [-0.4, -0.2) is 40.3 Å². The van der Waals surface area contributed by atoms with Gasteiger partial charge in [0.05, 0.1) is 5.41 Å². The topological polar surface area (TPSA) is 36.4 Å². The van der Waals surface area contributed by atoms with E-state index >= 15 is 0 Å². The van der Waals surface area contributed by atoms with Gasteiger partial charge in [0.2, 0.25) is 5.91 Å². The lowest BCUT2D eigenvalue weighted by Gasteiger charge is -2.39. The summed E-state index contributed by atoms with van der Waals surface area (Å²) in [4.78, 5) is 21.3. The molecule has 4 rings (SSSR count). The van der Waals surface area contributed by atoms with Crippen molar-refractivity contribution in [2.45, 2.75) is 32.4 Å². The van der Waals surface area contributed by atoms with Crippen LogP contribution in [0.3, 0.4) is 0 Å². The fourth-order valence-electron chi connectivity index (χ4n) is 4.40. The summed E-state index contributed by atoms with van der Waals surface area (Å²) in [7, 11) is 0. The SMILES string of the molecule is O=C1N(Cc2cccnc2)CCCC12CCN(Cc1cccc(F)c1F)C2. The molecule has 2 saturated heterocycles. The Hall–Kier alpha value is -2.34. The third kappa shape index (κ3) is 3.58. The third-order valence-electron chi connectivity index (χ3n) is 5.78. The molecule has 0 aliphatic carbocycles. The van der Waals surface area contributed by atoms with Gasteiger partial charge in [-0.2, -0.15) is 0 Å². The van der Waals surface area contributed by atoms with E-state index in [0.717, 1.165) is 44.0 Å². The number of rotatable bonds is 4. The summed E-state index contributed by atoms with van der Waals surface area (Å²) in [6.07, 6.45) is 6.11. The van der Waals surface area contributed by atoms with Gasteiger partial charge in [0, 0.05) is 44.1 Å². The van der Waals surface area contributed by atoms with Crippen LogP contribution < -0.4 is 0 Å². The number of nitrogens with zero attached hydrogens (tertiary/aromatic N) is 3. The number of halogens is 2. The molecule has 1 aromatic carbocycles. The van der Waals surface area contributed by atoms with E-state index in [9.17, 15) is 13.6 Å². The van der Waals surface area contributed by atoms with Gasteiger partial charge in [0.25, 0.3) is 0 Å². The zero-order valence-electron chi connectivity index (χ0n) is 15.2. The first-order valence-electron chi connectivity index (χ1n) is 9.41. The summed E-state index contributed by atoms with van der Waals surface area (Å²) < 4.78 is 27.4. The van der Waals surface area contributed by atoms with Crippen LogP contribution >= 0.6 is 0 Å². The van der Waals surface area contributed by atoms with Gasteiger partial charge in [0.15, 0.2) is 11.6 Å². The van der Waals surface area contributed by atoms with Gasteiger partial charge in [-0.15, -0.1) is 0 Å². The monoisotopic (exact) mass is 371 g/mol. The van der Waals surface area contributed by atoms with Gasteiger partial charge >= 0.3 is 0 Å². The van der Waals surface area contributed by atoms with Gasteiger partial charge in [-0.3, -0.25) is 14.7 Å². The maximum absolute atomic E-state index is 14.0. The number of carbonyl (C=O) groups excluding carboxylic acids is 1. The summed E-state index contributed by atoms with van der Waals surface area (Å²) in [5, 5.41) is 0. The molecule has 0 N–H and O–H groups in total. The molecule has 1 spiro atoms. The molecule has 3 heterocycles. The van der Waals surface area contributed by atoms with Crippen LogP contribution in [0.15, 0.2) is 42.7 Å². The van der Waals surface area contributed by atoms with Crippen LogP contribution in [0, 0.1) is 17.0 Å². The molecule has 0 saturated carbocycles. The minimum Gasteiger partial charge on any atom is -0.338 e. The van der Waals surface area contributed by atoms with Crippen molar-refractivity contribution in [2.75, 3.05) is 19.6 Å². The molecule has 2 fully saturated rings. The number of benzene rings is 1. The molecule has 0 bridgehead atoms. The zero-order valence-corrected chi connectivity index (χ0v) is 15.2. The molecule has 2 aliphatic rings. The van der Waals surface area contributed by atoms with E-state index in [2.05, 4.69) is 9.88 Å². The lowest BCUT2D eigenvalue weighted by atomic mass is 9.78. The van der Waals surface area contributed by atoms with Crippen LogP contribution in [0.5, 0.6) is 0 Å². The second-order valence-electron chi connectivity index (χ2n) is 7.65. The van der Waals surface area contributed by atoms with Gasteiger partial charge in [0.1, 0.15) is 0 Å². The van der Waals surface area contributed by atoms with Crippen molar-refractivity contribution in [3.8, 4) is 0 Å². The fraction of sp³-hybridized carbons (Fsp3) is 0.429. The minimum absolute atomic E-state index is 0.180. The van der Waals surface area contributed by atoms with Crippen LogP contribution in [-0.2, 0) is 17.9 Å². The van der Waals surface area contributed by atoms with Crippen molar-refractivity contribution in [3.63, 3.8) is 0 Å². The van der Waals surface area contributed by atoms with Crippen molar-refractivity contribution in [1.82, 2.24) is 14.8 Å². The van der Waals surface area contributed by atoms with Crippen LogP contribution in [0.2, 0.25) is 0 Å². The highest BCUT2D eigenvalue weighted by molar-refractivity contribution is 5.84. The number of carbonyl (C=O) groups is 1. The Morgan fingerprint density at radius 3 is 2.78 bits per heavy atom. The smallest absolute Gasteiger partial charge is 0.230 e. The average molecular weight is 371 g/mol. The quantitative estimate of drug-likeness (QED) is 0.827. The molecule has 6 heteroatoms. The number of amides is 1. The maximum atomic E-state index is 14.0. The average Bonchev–Trinajstić information content (AvgIpc) is 3.07. The predicted molar refractivity (Wildman–Crippen MR) is 97.6 cm³/mol. The first-order chi connectivity index (χ1) is 13.1. The number of pyridine rings is 1. The molecule has 142 valence electrons. The van der Waals surface area contributed by atoms with Crippen molar-refractivity contribution < 1.29 is 13.6 Å². The highest BCUT2D eigenvalue weighted by Crippen LogP contribution is 2.41. The van der Waals surface area contributed by atoms with Gasteiger partial charge in [-0.1, -0.05) is 18.2 Å². The van der Waals surface area contributed by atoms with Crippen molar-refractivity contribution in [1.29, 1.82) is 0 Å². The summed E-state index contributed by atoms with van der Waals surface area (Å²) in [5.41, 5.74) is 0.978. The number of likely N-dealkylation sites (tertiary alicyclic amines) is 2. The van der Waals surface area contributed by atoms with Gasteiger partial charge in [-0.05, 0) is 43.5 Å². The third-order valence-corrected chi connectivity index (χ3v) is 5.78. The molecule has 0 radical (unpaired) electrons. The number of hydrogen-bond donors (Lipinski definition) is 0. The molecule has 1 unspecified atom stereocenters. The lowest BCUT2D eigenvalue weighted by Crippen LogP contribution is -2.49. The van der Waals surface area contributed by atoms with E-state index in [-0.39, 0.29) is 5.91 Å². The Balaban J connectivity index is 1.45. The van der Waals surface area contributed by atoms with Crippen LogP contribution in [0.25, 0.3) is 0 Å². The molecule has 2 aromatic rings. The molecule has 27 heavy (non-hydrogen) atoms. The van der Waals surface area contributed by atoms with E-state index in [4.69, 9.17) is 0 Å². The fourth-order valence-corrected chi connectivity index (χ4v) is 4.40. The summed E-state index contributed by atoms with van der Waals surface area (Å²) in [6, 6.07) is 8.13. The second-order valence-corrected chi connectivity index (χ2v) is 7.65. The Bertz CT molecular complexity index is 829. The number of hydrogen-bond acceptors (Lipinski definition) is 3. The van der Waals surface area contributed by atoms with Crippen LogP contribution in [0.1, 0.15) is 30.4 Å². The van der Waals surface area contributed by atoms with E-state index in [1.54, 1.807) is 18.5 Å². The highest BCUT2D eigenvalue weighted by Gasteiger charge is 2.48. The predicted octanol–water partition coefficient (Wildman–Crippen LogP) is 3.37. The van der Waals surface area contributed by atoms with Crippen molar-refractivity contribution in [2.24, 2.45) is 5.41 Å². The summed E-state index contributed by atoms with van der Waals surface area (Å²) in [5.74, 6) is -1.43. The zero-order chi connectivity index (χ0) is 18.9. The molecular weight excluding hydrogens is 348 g/mol. The number of piperidine rings is 1. The van der Waals surface area contributed by atoms with E-state index in [1.165, 1.54) is 6.07 Å². The highest BCUT2D eigenvalue weighted by atomic mass is 19.2. The van der Waals surface area contributed by atoms with E-state index in [0.29, 0.717) is 25.2 Å². The Kier molecular flexibility index (Phi) is 4.91. The normalized spacial score (nSPS) is 23.3. The minimum atomic E-state index is -0.821. The molecular formula is C21H23F2N3O. The standard InChI is InChI=1S/C21H23F2N3O/c22-18-6-1-5-17(19(18)23)14-25-11-8-21(15-25)7-3-10-26(20(21)27)13-16-4-2-9-24-12-16/h1-2,4-6,9,12H,3,7-8,10-11,13-15H2. The Labute approximate surface area is 157 Å². The van der Waals surface area contributed by atoms with Crippen LogP contribution in [0.4, 0.5) is 8.78 Å². The van der Waals surface area contributed by atoms with E-state index in [1.807, 2.05) is 17.0 Å². The maximum Gasteiger partial charge on any atom is 0.230 e. The lowest BCUT2D eigenvalue weighted by molar-refractivity contribution is -0.146. The van der Waals surface area contributed by atoms with E-state index < -0.39 is 17.0 Å².